The summed E-state index contributed by atoms with van der Waals surface area (Å²) in [5.74, 6) is -2.62. The van der Waals surface area contributed by atoms with Crippen molar-refractivity contribution in [1.82, 2.24) is 10.6 Å². The molecular weight excluding hydrogens is 284 g/mol. The molecule has 1 saturated carbocycles. The third kappa shape index (κ3) is 5.68. The summed E-state index contributed by atoms with van der Waals surface area (Å²) in [6.07, 6.45) is 5.25. The summed E-state index contributed by atoms with van der Waals surface area (Å²) in [6.45, 7) is 0. The molecule has 7 nitrogen and oxygen atoms in total. The van der Waals surface area contributed by atoms with Crippen LogP contribution in [0, 0.1) is 0 Å². The Morgan fingerprint density at radius 3 is 2.55 bits per heavy atom. The van der Waals surface area contributed by atoms with Crippen molar-refractivity contribution in [3.63, 3.8) is 0 Å². The molecule has 0 heterocycles. The fourth-order valence-electron chi connectivity index (χ4n) is 2.25. The Balaban J connectivity index is 2.44. The second-order valence-corrected chi connectivity index (χ2v) is 5.97. The van der Waals surface area contributed by atoms with E-state index in [4.69, 9.17) is 10.2 Å². The SMILES string of the molecule is CSC1CCCC(NC(=O)NC(CC(=O)O)C(=O)O)C1. The first-order chi connectivity index (χ1) is 9.42. The van der Waals surface area contributed by atoms with Gasteiger partial charge in [-0.05, 0) is 25.5 Å². The zero-order valence-corrected chi connectivity index (χ0v) is 12.1. The number of carbonyl (C=O) groups excluding carboxylic acids is 1. The summed E-state index contributed by atoms with van der Waals surface area (Å²) in [5, 5.41) is 22.9. The number of amides is 2. The molecule has 1 rings (SSSR count). The number of carboxylic acid groups (broad SMARTS) is 2. The predicted molar refractivity (Wildman–Crippen MR) is 74.9 cm³/mol. The maximum absolute atomic E-state index is 11.7. The highest BCUT2D eigenvalue weighted by molar-refractivity contribution is 7.99. The first-order valence-electron chi connectivity index (χ1n) is 6.46. The van der Waals surface area contributed by atoms with Gasteiger partial charge in [0.05, 0.1) is 6.42 Å². The fraction of sp³-hybridized carbons (Fsp3) is 0.750. The molecule has 20 heavy (non-hydrogen) atoms. The first kappa shape index (κ1) is 16.6. The van der Waals surface area contributed by atoms with E-state index in [1.165, 1.54) is 0 Å². The molecule has 1 aliphatic rings. The van der Waals surface area contributed by atoms with Gasteiger partial charge in [-0.25, -0.2) is 9.59 Å². The molecule has 0 aromatic heterocycles. The van der Waals surface area contributed by atoms with Gasteiger partial charge in [0.15, 0.2) is 0 Å². The largest absolute Gasteiger partial charge is 0.481 e. The van der Waals surface area contributed by atoms with Gasteiger partial charge in [0.1, 0.15) is 6.04 Å². The smallest absolute Gasteiger partial charge is 0.326 e. The highest BCUT2D eigenvalue weighted by atomic mass is 32.2. The van der Waals surface area contributed by atoms with E-state index in [0.717, 1.165) is 25.7 Å². The van der Waals surface area contributed by atoms with Crippen molar-refractivity contribution < 1.29 is 24.6 Å². The molecule has 0 aromatic rings. The average Bonchev–Trinajstić information content (AvgIpc) is 2.37. The van der Waals surface area contributed by atoms with Crippen LogP contribution in [-0.4, -0.2) is 51.8 Å². The molecule has 3 unspecified atom stereocenters. The molecule has 0 spiro atoms. The monoisotopic (exact) mass is 304 g/mol. The van der Waals surface area contributed by atoms with E-state index in [1.54, 1.807) is 11.8 Å². The molecule has 0 radical (unpaired) electrons. The predicted octanol–water partition coefficient (Wildman–Crippen LogP) is 0.888. The maximum atomic E-state index is 11.7. The van der Waals surface area contributed by atoms with Crippen LogP contribution in [0.4, 0.5) is 4.79 Å². The van der Waals surface area contributed by atoms with Gasteiger partial charge in [0.2, 0.25) is 0 Å². The molecule has 2 amide bonds. The highest BCUT2D eigenvalue weighted by Gasteiger charge is 2.26. The van der Waals surface area contributed by atoms with E-state index in [9.17, 15) is 14.4 Å². The van der Waals surface area contributed by atoms with E-state index in [1.807, 2.05) is 6.26 Å². The lowest BCUT2D eigenvalue weighted by Gasteiger charge is -2.29. The Bertz CT molecular complexity index is 377. The number of rotatable bonds is 6. The highest BCUT2D eigenvalue weighted by Crippen LogP contribution is 2.26. The molecule has 8 heteroatoms. The van der Waals surface area contributed by atoms with Crippen molar-refractivity contribution in [3.05, 3.63) is 0 Å². The van der Waals surface area contributed by atoms with E-state index < -0.39 is 30.4 Å². The van der Waals surface area contributed by atoms with Crippen molar-refractivity contribution in [2.45, 2.75) is 49.4 Å². The van der Waals surface area contributed by atoms with Crippen LogP contribution in [-0.2, 0) is 9.59 Å². The van der Waals surface area contributed by atoms with Gasteiger partial charge in [0.25, 0.3) is 0 Å². The number of thioether (sulfide) groups is 1. The zero-order valence-electron chi connectivity index (χ0n) is 11.3. The number of carbonyl (C=O) groups is 3. The van der Waals surface area contributed by atoms with Crippen molar-refractivity contribution in [3.8, 4) is 0 Å². The summed E-state index contributed by atoms with van der Waals surface area (Å²) in [5.41, 5.74) is 0. The van der Waals surface area contributed by atoms with Crippen LogP contribution in [0.15, 0.2) is 0 Å². The van der Waals surface area contributed by atoms with Gasteiger partial charge < -0.3 is 20.8 Å². The molecule has 114 valence electrons. The van der Waals surface area contributed by atoms with Crippen molar-refractivity contribution >= 4 is 29.7 Å². The Hall–Kier alpha value is -1.44. The van der Waals surface area contributed by atoms with Crippen LogP contribution in [0.1, 0.15) is 32.1 Å². The number of urea groups is 1. The molecule has 1 fully saturated rings. The number of hydrogen-bond acceptors (Lipinski definition) is 4. The second-order valence-electron chi connectivity index (χ2n) is 4.83. The second kappa shape index (κ2) is 7.98. The van der Waals surface area contributed by atoms with E-state index >= 15 is 0 Å². The fourth-order valence-corrected chi connectivity index (χ4v) is 3.08. The van der Waals surface area contributed by atoms with Crippen LogP contribution in [0.5, 0.6) is 0 Å². The van der Waals surface area contributed by atoms with Gasteiger partial charge >= 0.3 is 18.0 Å². The molecule has 4 N–H and O–H groups in total. The summed E-state index contributed by atoms with van der Waals surface area (Å²) >= 11 is 1.76. The Morgan fingerprint density at radius 2 is 2.00 bits per heavy atom. The van der Waals surface area contributed by atoms with Gasteiger partial charge in [-0.15, -0.1) is 0 Å². The van der Waals surface area contributed by atoms with Crippen molar-refractivity contribution in [2.24, 2.45) is 0 Å². The number of carboxylic acids is 2. The third-order valence-electron chi connectivity index (χ3n) is 3.28. The maximum Gasteiger partial charge on any atom is 0.326 e. The Labute approximate surface area is 121 Å². The average molecular weight is 304 g/mol. The first-order valence-corrected chi connectivity index (χ1v) is 7.75. The zero-order chi connectivity index (χ0) is 15.1. The Morgan fingerprint density at radius 1 is 1.30 bits per heavy atom. The van der Waals surface area contributed by atoms with E-state index in [-0.39, 0.29) is 6.04 Å². The van der Waals surface area contributed by atoms with Gasteiger partial charge in [-0.3, -0.25) is 4.79 Å². The van der Waals surface area contributed by atoms with Crippen LogP contribution < -0.4 is 10.6 Å². The molecule has 1 aliphatic carbocycles. The number of aliphatic carboxylic acids is 2. The van der Waals surface area contributed by atoms with E-state index in [2.05, 4.69) is 10.6 Å². The standard InChI is InChI=1S/C12H20N2O5S/c1-20-8-4-2-3-7(5-8)13-12(19)14-9(11(17)18)6-10(15)16/h7-9H,2-6H2,1H3,(H,15,16)(H,17,18)(H2,13,14,19). The molecule has 0 saturated heterocycles. The molecular formula is C12H20N2O5S. The lowest BCUT2D eigenvalue weighted by atomic mass is 9.95. The number of hydrogen-bond donors (Lipinski definition) is 4. The topological polar surface area (TPSA) is 116 Å². The van der Waals surface area contributed by atoms with Crippen LogP contribution in [0.3, 0.4) is 0 Å². The number of nitrogens with one attached hydrogen (secondary N) is 2. The Kier molecular flexibility index (Phi) is 6.63. The third-order valence-corrected chi connectivity index (χ3v) is 4.37. The van der Waals surface area contributed by atoms with E-state index in [0.29, 0.717) is 5.25 Å². The minimum absolute atomic E-state index is 0.0143. The van der Waals surface area contributed by atoms with Crippen molar-refractivity contribution in [1.29, 1.82) is 0 Å². The minimum atomic E-state index is -1.41. The quantitative estimate of drug-likeness (QED) is 0.579. The molecule has 0 aromatic carbocycles. The minimum Gasteiger partial charge on any atom is -0.481 e. The molecule has 0 aliphatic heterocycles. The lowest BCUT2D eigenvalue weighted by molar-refractivity contribution is -0.145. The van der Waals surface area contributed by atoms with Crippen LogP contribution >= 0.6 is 11.8 Å². The van der Waals surface area contributed by atoms with Gasteiger partial charge in [-0.1, -0.05) is 6.42 Å². The lowest BCUT2D eigenvalue weighted by Crippen LogP contribution is -2.50. The summed E-state index contributed by atoms with van der Waals surface area (Å²) in [4.78, 5) is 33.1. The van der Waals surface area contributed by atoms with Gasteiger partial charge in [-0.2, -0.15) is 11.8 Å². The summed E-state index contributed by atoms with van der Waals surface area (Å²) < 4.78 is 0. The van der Waals surface area contributed by atoms with Gasteiger partial charge in [0, 0.05) is 11.3 Å². The molecule has 3 atom stereocenters. The molecule has 0 bridgehead atoms. The van der Waals surface area contributed by atoms with Crippen LogP contribution in [0.2, 0.25) is 0 Å². The summed E-state index contributed by atoms with van der Waals surface area (Å²) in [6, 6.07) is -2.02. The van der Waals surface area contributed by atoms with Crippen LogP contribution in [0.25, 0.3) is 0 Å². The summed E-state index contributed by atoms with van der Waals surface area (Å²) in [7, 11) is 0. The van der Waals surface area contributed by atoms with Crippen molar-refractivity contribution in [2.75, 3.05) is 6.26 Å². The normalized spacial score (nSPS) is 23.6.